The molecule has 0 spiro atoms. The lowest BCUT2D eigenvalue weighted by Crippen LogP contribution is -1.77. The van der Waals surface area contributed by atoms with Crippen molar-refractivity contribution in [3.05, 3.63) is 17.3 Å². The van der Waals surface area contributed by atoms with Gasteiger partial charge in [-0.15, -0.1) is 16.3 Å². The maximum absolute atomic E-state index is 9.99. The van der Waals surface area contributed by atoms with E-state index < -0.39 is 0 Å². The standard InChI is InChI=1S/C7H5N3OS/c1-5-6(8-4-11)9-7-10(5)2-3-12-7/h2-3H,1H3. The van der Waals surface area contributed by atoms with Gasteiger partial charge in [-0.05, 0) is 6.92 Å². The number of fused-ring (bicyclic) bond motifs is 1. The Morgan fingerprint density at radius 3 is 3.25 bits per heavy atom. The molecule has 12 heavy (non-hydrogen) atoms. The Hall–Kier alpha value is -1.45. The van der Waals surface area contributed by atoms with Gasteiger partial charge in [-0.25, -0.2) is 4.79 Å². The molecule has 0 fully saturated rings. The Morgan fingerprint density at radius 2 is 2.58 bits per heavy atom. The molecule has 0 aromatic carbocycles. The highest BCUT2D eigenvalue weighted by atomic mass is 32.1. The number of aliphatic imine (C=N–C) groups is 1. The first-order valence-corrected chi connectivity index (χ1v) is 4.21. The van der Waals surface area contributed by atoms with Crippen molar-refractivity contribution in [1.29, 1.82) is 0 Å². The summed E-state index contributed by atoms with van der Waals surface area (Å²) in [6.07, 6.45) is 3.37. The van der Waals surface area contributed by atoms with Gasteiger partial charge in [-0.3, -0.25) is 4.40 Å². The Labute approximate surface area is 72.2 Å². The molecule has 0 aliphatic rings. The molecule has 5 heteroatoms. The number of aromatic nitrogens is 2. The van der Waals surface area contributed by atoms with E-state index in [0.29, 0.717) is 5.82 Å². The Bertz CT molecular complexity index is 464. The topological polar surface area (TPSA) is 46.7 Å². The van der Waals surface area contributed by atoms with Crippen LogP contribution in [-0.4, -0.2) is 15.5 Å². The number of rotatable bonds is 1. The van der Waals surface area contributed by atoms with Gasteiger partial charge in [-0.2, -0.15) is 4.98 Å². The van der Waals surface area contributed by atoms with Gasteiger partial charge >= 0.3 is 0 Å². The fraction of sp³-hybridized carbons (Fsp3) is 0.143. The van der Waals surface area contributed by atoms with Crippen molar-refractivity contribution in [2.75, 3.05) is 0 Å². The zero-order valence-electron chi connectivity index (χ0n) is 6.31. The lowest BCUT2D eigenvalue weighted by molar-refractivity contribution is 0.565. The van der Waals surface area contributed by atoms with Crippen molar-refractivity contribution in [3.8, 4) is 0 Å². The molecule has 2 heterocycles. The van der Waals surface area contributed by atoms with Crippen LogP contribution in [0.5, 0.6) is 0 Å². The fourth-order valence-electron chi connectivity index (χ4n) is 1.04. The Balaban J connectivity index is 2.78. The van der Waals surface area contributed by atoms with Gasteiger partial charge in [0.05, 0.1) is 5.69 Å². The first-order valence-electron chi connectivity index (χ1n) is 3.33. The molecule has 0 bridgehead atoms. The zero-order chi connectivity index (χ0) is 8.55. The highest BCUT2D eigenvalue weighted by Crippen LogP contribution is 2.21. The van der Waals surface area contributed by atoms with Crippen molar-refractivity contribution >= 4 is 28.2 Å². The van der Waals surface area contributed by atoms with E-state index in [9.17, 15) is 4.79 Å². The summed E-state index contributed by atoms with van der Waals surface area (Å²) in [4.78, 5) is 18.4. The van der Waals surface area contributed by atoms with E-state index in [0.717, 1.165) is 10.7 Å². The molecular formula is C7H5N3OS. The van der Waals surface area contributed by atoms with Crippen LogP contribution in [0.3, 0.4) is 0 Å². The van der Waals surface area contributed by atoms with Gasteiger partial charge < -0.3 is 0 Å². The summed E-state index contributed by atoms with van der Waals surface area (Å²) < 4.78 is 1.89. The molecule has 0 atom stereocenters. The van der Waals surface area contributed by atoms with Crippen LogP contribution < -0.4 is 0 Å². The normalized spacial score (nSPS) is 10.1. The van der Waals surface area contributed by atoms with Crippen molar-refractivity contribution in [2.45, 2.75) is 6.92 Å². The third-order valence-electron chi connectivity index (χ3n) is 1.63. The number of isocyanates is 1. The van der Waals surface area contributed by atoms with E-state index in [1.54, 1.807) is 0 Å². The van der Waals surface area contributed by atoms with Crippen LogP contribution in [0, 0.1) is 6.92 Å². The molecule has 0 amide bonds. The molecule has 2 aromatic heterocycles. The van der Waals surface area contributed by atoms with Crippen LogP contribution in [-0.2, 0) is 4.79 Å². The van der Waals surface area contributed by atoms with E-state index in [2.05, 4.69) is 9.98 Å². The van der Waals surface area contributed by atoms with Crippen LogP contribution in [0.1, 0.15) is 5.69 Å². The maximum atomic E-state index is 9.99. The van der Waals surface area contributed by atoms with Crippen molar-refractivity contribution < 1.29 is 4.79 Å². The summed E-state index contributed by atoms with van der Waals surface area (Å²) in [5, 5.41) is 1.93. The molecule has 0 unspecified atom stereocenters. The van der Waals surface area contributed by atoms with Crippen LogP contribution in [0.4, 0.5) is 5.82 Å². The van der Waals surface area contributed by atoms with E-state index >= 15 is 0 Å². The van der Waals surface area contributed by atoms with Gasteiger partial charge in [0.15, 0.2) is 10.8 Å². The molecule has 0 saturated heterocycles. The first-order chi connectivity index (χ1) is 5.83. The molecule has 0 radical (unpaired) electrons. The lowest BCUT2D eigenvalue weighted by Gasteiger charge is -1.85. The van der Waals surface area contributed by atoms with Crippen molar-refractivity contribution in [3.63, 3.8) is 0 Å². The minimum absolute atomic E-state index is 0.455. The highest BCUT2D eigenvalue weighted by molar-refractivity contribution is 7.15. The van der Waals surface area contributed by atoms with Crippen molar-refractivity contribution in [2.24, 2.45) is 4.99 Å². The van der Waals surface area contributed by atoms with Gasteiger partial charge in [0.25, 0.3) is 0 Å². The average molecular weight is 179 g/mol. The number of carbonyl (C=O) groups excluding carboxylic acids is 1. The highest BCUT2D eigenvalue weighted by Gasteiger charge is 2.06. The number of hydrogen-bond acceptors (Lipinski definition) is 4. The molecule has 0 N–H and O–H groups in total. The molecule has 0 aliphatic carbocycles. The maximum Gasteiger partial charge on any atom is 0.242 e. The quantitative estimate of drug-likeness (QED) is 0.493. The SMILES string of the molecule is Cc1c(N=C=O)nc2sccn12. The van der Waals surface area contributed by atoms with Crippen molar-refractivity contribution in [1.82, 2.24) is 9.38 Å². The third-order valence-corrected chi connectivity index (χ3v) is 2.38. The molecule has 2 rings (SSSR count). The minimum atomic E-state index is 0.455. The second-order valence-corrected chi connectivity index (χ2v) is 3.15. The molecule has 4 nitrogen and oxygen atoms in total. The molecular weight excluding hydrogens is 174 g/mol. The predicted molar refractivity (Wildman–Crippen MR) is 45.6 cm³/mol. The number of thiazole rings is 1. The van der Waals surface area contributed by atoms with Gasteiger partial charge in [0, 0.05) is 11.6 Å². The summed E-state index contributed by atoms with van der Waals surface area (Å²) >= 11 is 1.51. The van der Waals surface area contributed by atoms with Gasteiger partial charge in [0.1, 0.15) is 0 Å². The minimum Gasteiger partial charge on any atom is -0.293 e. The Morgan fingerprint density at radius 1 is 1.75 bits per heavy atom. The van der Waals surface area contributed by atoms with E-state index in [1.807, 2.05) is 22.9 Å². The zero-order valence-corrected chi connectivity index (χ0v) is 7.13. The molecule has 60 valence electrons. The van der Waals surface area contributed by atoms with E-state index in [1.165, 1.54) is 17.4 Å². The monoisotopic (exact) mass is 179 g/mol. The second kappa shape index (κ2) is 2.55. The largest absolute Gasteiger partial charge is 0.293 e. The van der Waals surface area contributed by atoms with Crippen LogP contribution in [0.2, 0.25) is 0 Å². The lowest BCUT2D eigenvalue weighted by atomic mass is 10.5. The third kappa shape index (κ3) is 0.879. The van der Waals surface area contributed by atoms with E-state index in [-0.39, 0.29) is 0 Å². The first kappa shape index (κ1) is 7.21. The summed E-state index contributed by atoms with van der Waals surface area (Å²) in [6, 6.07) is 0. The summed E-state index contributed by atoms with van der Waals surface area (Å²) in [6.45, 7) is 1.86. The number of aryl methyl sites for hydroxylation is 1. The van der Waals surface area contributed by atoms with Crippen LogP contribution >= 0.6 is 11.3 Å². The molecule has 2 aromatic rings. The second-order valence-electron chi connectivity index (χ2n) is 2.28. The van der Waals surface area contributed by atoms with Gasteiger partial charge in [-0.1, -0.05) is 0 Å². The van der Waals surface area contributed by atoms with Gasteiger partial charge in [0.2, 0.25) is 6.08 Å². The Kier molecular flexibility index (Phi) is 1.53. The fourth-order valence-corrected chi connectivity index (χ4v) is 1.79. The summed E-state index contributed by atoms with van der Waals surface area (Å²) in [7, 11) is 0. The predicted octanol–water partition coefficient (Wildman–Crippen LogP) is 1.67. The van der Waals surface area contributed by atoms with Crippen LogP contribution in [0.25, 0.3) is 4.96 Å². The number of imidazole rings is 1. The molecule has 0 aliphatic heterocycles. The summed E-state index contributed by atoms with van der Waals surface area (Å²) in [5.41, 5.74) is 0.870. The smallest absolute Gasteiger partial charge is 0.242 e. The van der Waals surface area contributed by atoms with Crippen LogP contribution in [0.15, 0.2) is 16.6 Å². The molecule has 0 saturated carbocycles. The average Bonchev–Trinajstić information content (AvgIpc) is 2.58. The van der Waals surface area contributed by atoms with E-state index in [4.69, 9.17) is 0 Å². The number of hydrogen-bond donors (Lipinski definition) is 0. The number of nitrogens with zero attached hydrogens (tertiary/aromatic N) is 3. The summed E-state index contributed by atoms with van der Waals surface area (Å²) in [5.74, 6) is 0.455.